The summed E-state index contributed by atoms with van der Waals surface area (Å²) in [5.74, 6) is 2.40. The smallest absolute Gasteiger partial charge is 0.224 e. The van der Waals surface area contributed by atoms with Gasteiger partial charge < -0.3 is 19.8 Å². The minimum Gasteiger partial charge on any atom is -0.443 e. The normalized spacial score (nSPS) is 11.6. The number of halogens is 2. The van der Waals surface area contributed by atoms with Gasteiger partial charge in [-0.3, -0.25) is 4.99 Å². The second-order valence-corrected chi connectivity index (χ2v) is 7.67. The van der Waals surface area contributed by atoms with Gasteiger partial charge in [0.25, 0.3) is 0 Å². The highest BCUT2D eigenvalue weighted by Crippen LogP contribution is 2.24. The topological polar surface area (TPSA) is 84.6 Å². The third-order valence-corrected chi connectivity index (χ3v) is 4.23. The highest BCUT2D eigenvalue weighted by Gasteiger charge is 2.19. The Morgan fingerprint density at radius 3 is 2.58 bits per heavy atom. The zero-order valence-electron chi connectivity index (χ0n) is 18.0. The predicted molar refractivity (Wildman–Crippen MR) is 128 cm³/mol. The highest BCUT2D eigenvalue weighted by atomic mass is 127. The molecular formula is C22H27FIN5O2. The van der Waals surface area contributed by atoms with Crippen LogP contribution in [-0.2, 0) is 18.5 Å². The monoisotopic (exact) mass is 539 g/mol. The van der Waals surface area contributed by atoms with E-state index in [1.807, 2.05) is 12.1 Å². The Labute approximate surface area is 198 Å². The van der Waals surface area contributed by atoms with Gasteiger partial charge in [0.15, 0.2) is 5.96 Å². The van der Waals surface area contributed by atoms with Crippen molar-refractivity contribution in [1.82, 2.24) is 20.6 Å². The summed E-state index contributed by atoms with van der Waals surface area (Å²) in [7, 11) is 1.68. The van der Waals surface area contributed by atoms with Gasteiger partial charge in [0.1, 0.15) is 17.3 Å². The van der Waals surface area contributed by atoms with Gasteiger partial charge in [-0.2, -0.15) is 0 Å². The standard InChI is InChI=1S/C22H26FN5O2.HI/c1-22(2,3)18-13-26-19(30-18)14-28-21(24-4)27-12-15-7-6-10-25-20(15)29-17-9-5-8-16(23)11-17;/h5-11,13H,12,14H2,1-4H3,(H2,24,27,28);1H. The van der Waals surface area contributed by atoms with Crippen LogP contribution in [0.15, 0.2) is 58.2 Å². The maximum atomic E-state index is 13.4. The van der Waals surface area contributed by atoms with E-state index in [4.69, 9.17) is 9.15 Å². The molecule has 1 aromatic carbocycles. The molecule has 2 aromatic heterocycles. The summed E-state index contributed by atoms with van der Waals surface area (Å²) in [6, 6.07) is 9.64. The molecule has 0 bridgehead atoms. The third-order valence-electron chi connectivity index (χ3n) is 4.23. The molecule has 2 N–H and O–H groups in total. The summed E-state index contributed by atoms with van der Waals surface area (Å²) >= 11 is 0. The van der Waals surface area contributed by atoms with Crippen LogP contribution in [0, 0.1) is 5.82 Å². The van der Waals surface area contributed by atoms with E-state index in [0.29, 0.717) is 36.6 Å². The van der Waals surface area contributed by atoms with Crippen molar-refractivity contribution in [3.8, 4) is 11.6 Å². The van der Waals surface area contributed by atoms with Gasteiger partial charge in [-0.1, -0.05) is 32.9 Å². The first-order valence-corrected chi connectivity index (χ1v) is 9.62. The van der Waals surface area contributed by atoms with Crippen molar-refractivity contribution in [3.05, 3.63) is 71.8 Å². The molecule has 3 rings (SSSR count). The third kappa shape index (κ3) is 7.20. The van der Waals surface area contributed by atoms with Crippen LogP contribution in [-0.4, -0.2) is 23.0 Å². The van der Waals surface area contributed by atoms with Crippen LogP contribution >= 0.6 is 24.0 Å². The quantitative estimate of drug-likeness (QED) is 0.267. The molecule has 0 saturated carbocycles. The Morgan fingerprint density at radius 1 is 1.13 bits per heavy atom. The number of nitrogens with zero attached hydrogens (tertiary/aromatic N) is 3. The van der Waals surface area contributed by atoms with E-state index in [1.54, 1.807) is 31.6 Å². The van der Waals surface area contributed by atoms with Crippen molar-refractivity contribution in [2.75, 3.05) is 7.05 Å². The number of ether oxygens (including phenoxy) is 1. The molecule has 0 aliphatic heterocycles. The maximum absolute atomic E-state index is 13.4. The van der Waals surface area contributed by atoms with E-state index in [9.17, 15) is 4.39 Å². The molecule has 0 saturated heterocycles. The molecule has 0 fully saturated rings. The lowest BCUT2D eigenvalue weighted by Crippen LogP contribution is -2.36. The summed E-state index contributed by atoms with van der Waals surface area (Å²) in [6.45, 7) is 7.03. The molecular weight excluding hydrogens is 512 g/mol. The molecule has 0 spiro atoms. The Morgan fingerprint density at radius 2 is 1.90 bits per heavy atom. The van der Waals surface area contributed by atoms with Gasteiger partial charge >= 0.3 is 0 Å². The van der Waals surface area contributed by atoms with Gasteiger partial charge in [0.05, 0.1) is 12.7 Å². The zero-order chi connectivity index (χ0) is 21.6. The summed E-state index contributed by atoms with van der Waals surface area (Å²) in [4.78, 5) is 12.8. The molecule has 0 aliphatic rings. The fraction of sp³-hybridized carbons (Fsp3) is 0.318. The van der Waals surface area contributed by atoms with Gasteiger partial charge in [-0.25, -0.2) is 14.4 Å². The van der Waals surface area contributed by atoms with Gasteiger partial charge in [-0.15, -0.1) is 24.0 Å². The highest BCUT2D eigenvalue weighted by molar-refractivity contribution is 14.0. The van der Waals surface area contributed by atoms with Crippen molar-refractivity contribution in [3.63, 3.8) is 0 Å². The van der Waals surface area contributed by atoms with Crippen LogP contribution in [0.2, 0.25) is 0 Å². The van der Waals surface area contributed by atoms with Crippen LogP contribution in [0.3, 0.4) is 0 Å². The lowest BCUT2D eigenvalue weighted by Gasteiger charge is -2.14. The van der Waals surface area contributed by atoms with Gasteiger partial charge in [0, 0.05) is 36.8 Å². The van der Waals surface area contributed by atoms with Crippen LogP contribution in [0.1, 0.15) is 38.0 Å². The van der Waals surface area contributed by atoms with Gasteiger partial charge in [0.2, 0.25) is 11.8 Å². The maximum Gasteiger partial charge on any atom is 0.224 e. The van der Waals surface area contributed by atoms with Gasteiger partial charge in [-0.05, 0) is 18.2 Å². The van der Waals surface area contributed by atoms with Crippen molar-refractivity contribution in [2.45, 2.75) is 39.3 Å². The first kappa shape index (κ1) is 24.6. The van der Waals surface area contributed by atoms with Crippen LogP contribution < -0.4 is 15.4 Å². The zero-order valence-corrected chi connectivity index (χ0v) is 20.3. The van der Waals surface area contributed by atoms with Crippen molar-refractivity contribution in [2.24, 2.45) is 4.99 Å². The first-order chi connectivity index (χ1) is 14.3. The largest absolute Gasteiger partial charge is 0.443 e. The van der Waals surface area contributed by atoms with Crippen LogP contribution in [0.25, 0.3) is 0 Å². The van der Waals surface area contributed by atoms with Crippen molar-refractivity contribution >= 4 is 29.9 Å². The number of aromatic nitrogens is 2. The average Bonchev–Trinajstić information content (AvgIpc) is 3.19. The molecule has 9 heteroatoms. The van der Waals surface area contributed by atoms with Crippen LogP contribution in [0.4, 0.5) is 4.39 Å². The van der Waals surface area contributed by atoms with Crippen LogP contribution in [0.5, 0.6) is 11.6 Å². The molecule has 0 amide bonds. The second-order valence-electron chi connectivity index (χ2n) is 7.67. The number of nitrogens with one attached hydrogen (secondary N) is 2. The molecule has 7 nitrogen and oxygen atoms in total. The lowest BCUT2D eigenvalue weighted by atomic mass is 9.94. The minimum atomic E-state index is -0.367. The Bertz CT molecular complexity index is 1020. The number of guanidine groups is 1. The number of pyridine rings is 1. The molecule has 2 heterocycles. The fourth-order valence-corrected chi connectivity index (χ4v) is 2.59. The average molecular weight is 539 g/mol. The van der Waals surface area contributed by atoms with Crippen molar-refractivity contribution < 1.29 is 13.5 Å². The molecule has 0 unspecified atom stereocenters. The summed E-state index contributed by atoms with van der Waals surface area (Å²) in [5, 5.41) is 6.38. The number of rotatable bonds is 6. The number of hydrogen-bond acceptors (Lipinski definition) is 5. The Kier molecular flexibility index (Phi) is 8.78. The second kappa shape index (κ2) is 11.1. The molecule has 0 radical (unpaired) electrons. The Balaban J connectivity index is 0.00000341. The first-order valence-electron chi connectivity index (χ1n) is 9.62. The molecule has 0 atom stereocenters. The summed E-state index contributed by atoms with van der Waals surface area (Å²) < 4.78 is 24.9. The predicted octanol–water partition coefficient (Wildman–Crippen LogP) is 4.78. The summed E-state index contributed by atoms with van der Waals surface area (Å²) in [6.07, 6.45) is 3.37. The van der Waals surface area contributed by atoms with E-state index < -0.39 is 0 Å². The van der Waals surface area contributed by atoms with E-state index in [2.05, 4.69) is 46.4 Å². The minimum absolute atomic E-state index is 0. The van der Waals surface area contributed by atoms with E-state index >= 15 is 0 Å². The molecule has 3 aromatic rings. The summed E-state index contributed by atoms with van der Waals surface area (Å²) in [5.41, 5.74) is 0.708. The fourth-order valence-electron chi connectivity index (χ4n) is 2.59. The number of hydrogen-bond donors (Lipinski definition) is 2. The molecule has 31 heavy (non-hydrogen) atoms. The Hall–Kier alpha value is -2.69. The van der Waals surface area contributed by atoms with Crippen molar-refractivity contribution in [1.29, 1.82) is 0 Å². The molecule has 166 valence electrons. The van der Waals surface area contributed by atoms with E-state index in [1.165, 1.54) is 12.1 Å². The number of aliphatic imine (C=N–C) groups is 1. The number of oxazole rings is 1. The lowest BCUT2D eigenvalue weighted by molar-refractivity contribution is 0.379. The SMILES string of the molecule is CN=C(NCc1ncc(C(C)(C)C)o1)NCc1cccnc1Oc1cccc(F)c1.I. The number of benzene rings is 1. The van der Waals surface area contributed by atoms with E-state index in [-0.39, 0.29) is 35.2 Å². The molecule has 0 aliphatic carbocycles. The van der Waals surface area contributed by atoms with E-state index in [0.717, 1.165) is 11.3 Å².